The summed E-state index contributed by atoms with van der Waals surface area (Å²) < 4.78 is 0. The summed E-state index contributed by atoms with van der Waals surface area (Å²) in [5.74, 6) is 1.30. The van der Waals surface area contributed by atoms with E-state index in [0.717, 1.165) is 38.8 Å². The number of carbonyl (C=O) groups is 1. The van der Waals surface area contributed by atoms with Gasteiger partial charge >= 0.3 is 0 Å². The second-order valence-corrected chi connectivity index (χ2v) is 7.94. The SMILES string of the molecule is O=C(Nc1ccc(-c2ncc[nH]2)cc1)c1ccccc1CSc1nc2ccccc2[nH]1. The van der Waals surface area contributed by atoms with Crippen molar-refractivity contribution in [3.63, 3.8) is 0 Å². The van der Waals surface area contributed by atoms with Gasteiger partial charge in [0.25, 0.3) is 5.91 Å². The lowest BCUT2D eigenvalue weighted by molar-refractivity contribution is 0.102. The number of benzene rings is 3. The van der Waals surface area contributed by atoms with E-state index in [2.05, 4.69) is 25.3 Å². The lowest BCUT2D eigenvalue weighted by Gasteiger charge is -2.10. The van der Waals surface area contributed by atoms with Gasteiger partial charge in [-0.1, -0.05) is 42.1 Å². The molecule has 31 heavy (non-hydrogen) atoms. The summed E-state index contributed by atoms with van der Waals surface area (Å²) >= 11 is 1.58. The molecule has 152 valence electrons. The number of nitrogens with zero attached hydrogens (tertiary/aromatic N) is 2. The first kappa shape index (κ1) is 19.1. The number of H-pyrrole nitrogens is 2. The number of carbonyl (C=O) groups excluding carboxylic acids is 1. The third-order valence-corrected chi connectivity index (χ3v) is 5.83. The molecule has 3 aromatic carbocycles. The molecule has 0 unspecified atom stereocenters. The van der Waals surface area contributed by atoms with Gasteiger partial charge in [-0.2, -0.15) is 0 Å². The smallest absolute Gasteiger partial charge is 0.255 e. The highest BCUT2D eigenvalue weighted by Crippen LogP contribution is 2.25. The van der Waals surface area contributed by atoms with Crippen molar-refractivity contribution in [1.82, 2.24) is 19.9 Å². The van der Waals surface area contributed by atoms with Crippen LogP contribution in [0, 0.1) is 0 Å². The van der Waals surface area contributed by atoms with Gasteiger partial charge in [0.15, 0.2) is 5.16 Å². The molecule has 0 spiro atoms. The molecule has 5 rings (SSSR count). The lowest BCUT2D eigenvalue weighted by Crippen LogP contribution is -2.14. The number of imidazole rings is 2. The number of aromatic nitrogens is 4. The largest absolute Gasteiger partial charge is 0.345 e. The second kappa shape index (κ2) is 8.49. The van der Waals surface area contributed by atoms with Crippen molar-refractivity contribution >= 4 is 34.4 Å². The molecule has 0 atom stereocenters. The van der Waals surface area contributed by atoms with Gasteiger partial charge < -0.3 is 15.3 Å². The van der Waals surface area contributed by atoms with Gasteiger partial charge in [-0.15, -0.1) is 0 Å². The van der Waals surface area contributed by atoms with Crippen molar-refractivity contribution in [2.45, 2.75) is 10.9 Å². The highest BCUT2D eigenvalue weighted by molar-refractivity contribution is 7.98. The standard InChI is InChI=1S/C24H19N5OS/c30-23(27-18-11-9-16(10-12-18)22-25-13-14-26-22)19-6-2-1-5-17(19)15-31-24-28-20-7-3-4-8-21(20)29-24/h1-14H,15H2,(H,25,26)(H,27,30)(H,28,29). The van der Waals surface area contributed by atoms with Crippen LogP contribution in [0.25, 0.3) is 22.4 Å². The summed E-state index contributed by atoms with van der Waals surface area (Å²) in [6.07, 6.45) is 3.50. The molecule has 0 fully saturated rings. The van der Waals surface area contributed by atoms with Gasteiger partial charge in [0, 0.05) is 35.0 Å². The number of aromatic amines is 2. The number of hydrogen-bond donors (Lipinski definition) is 3. The monoisotopic (exact) mass is 425 g/mol. The summed E-state index contributed by atoms with van der Waals surface area (Å²) in [6.45, 7) is 0. The second-order valence-electron chi connectivity index (χ2n) is 6.97. The van der Waals surface area contributed by atoms with Gasteiger partial charge in [0.1, 0.15) is 5.82 Å². The molecule has 7 heteroatoms. The lowest BCUT2D eigenvalue weighted by atomic mass is 10.1. The molecular weight excluding hydrogens is 406 g/mol. The zero-order valence-electron chi connectivity index (χ0n) is 16.5. The average molecular weight is 426 g/mol. The minimum absolute atomic E-state index is 0.133. The number of amides is 1. The molecule has 0 saturated heterocycles. The van der Waals surface area contributed by atoms with E-state index >= 15 is 0 Å². The normalized spacial score (nSPS) is 11.0. The molecule has 1 amide bonds. The Balaban J connectivity index is 1.29. The molecule has 6 nitrogen and oxygen atoms in total. The number of para-hydroxylation sites is 2. The van der Waals surface area contributed by atoms with E-state index in [1.165, 1.54) is 0 Å². The first-order valence-electron chi connectivity index (χ1n) is 9.83. The maximum atomic E-state index is 12.9. The van der Waals surface area contributed by atoms with Crippen LogP contribution in [0.1, 0.15) is 15.9 Å². The van der Waals surface area contributed by atoms with Crippen LogP contribution in [0.15, 0.2) is 90.3 Å². The van der Waals surface area contributed by atoms with Crippen molar-refractivity contribution < 1.29 is 4.79 Å². The molecular formula is C24H19N5OS. The topological polar surface area (TPSA) is 86.5 Å². The maximum Gasteiger partial charge on any atom is 0.255 e. The predicted octanol–water partition coefficient (Wildman–Crippen LogP) is 5.50. The van der Waals surface area contributed by atoms with E-state index in [-0.39, 0.29) is 5.91 Å². The van der Waals surface area contributed by atoms with Crippen molar-refractivity contribution in [2.75, 3.05) is 5.32 Å². The summed E-state index contributed by atoms with van der Waals surface area (Å²) in [4.78, 5) is 28.2. The predicted molar refractivity (Wildman–Crippen MR) is 124 cm³/mol. The zero-order chi connectivity index (χ0) is 21.0. The number of rotatable bonds is 6. The molecule has 3 N–H and O–H groups in total. The summed E-state index contributed by atoms with van der Waals surface area (Å²) in [5.41, 5.74) is 5.26. The summed E-state index contributed by atoms with van der Waals surface area (Å²) in [6, 6.07) is 23.2. The van der Waals surface area contributed by atoms with Crippen LogP contribution in [0.2, 0.25) is 0 Å². The molecule has 0 radical (unpaired) electrons. The molecule has 0 aliphatic carbocycles. The Bertz CT molecular complexity index is 1290. The van der Waals surface area contributed by atoms with Crippen LogP contribution in [0.4, 0.5) is 5.69 Å². The fraction of sp³-hybridized carbons (Fsp3) is 0.0417. The van der Waals surface area contributed by atoms with E-state index in [4.69, 9.17) is 0 Å². The summed E-state index contributed by atoms with van der Waals surface area (Å²) in [5, 5.41) is 3.83. The third-order valence-electron chi connectivity index (χ3n) is 4.91. The van der Waals surface area contributed by atoms with Crippen LogP contribution in [-0.4, -0.2) is 25.8 Å². The molecule has 5 aromatic rings. The van der Waals surface area contributed by atoms with Gasteiger partial charge in [-0.05, 0) is 48.0 Å². The van der Waals surface area contributed by atoms with E-state index < -0.39 is 0 Å². The number of hydrogen-bond acceptors (Lipinski definition) is 4. The van der Waals surface area contributed by atoms with E-state index in [0.29, 0.717) is 11.3 Å². The minimum Gasteiger partial charge on any atom is -0.345 e. The van der Waals surface area contributed by atoms with Crippen molar-refractivity contribution in [3.05, 3.63) is 96.3 Å². The Labute approximate surface area is 183 Å². The Morgan fingerprint density at radius 3 is 2.58 bits per heavy atom. The van der Waals surface area contributed by atoms with E-state index in [1.54, 1.807) is 24.2 Å². The van der Waals surface area contributed by atoms with E-state index in [9.17, 15) is 4.79 Å². The quantitative estimate of drug-likeness (QED) is 0.314. The number of nitrogens with one attached hydrogen (secondary N) is 3. The zero-order valence-corrected chi connectivity index (χ0v) is 17.3. The van der Waals surface area contributed by atoms with Crippen LogP contribution in [0.5, 0.6) is 0 Å². The molecule has 0 bridgehead atoms. The third kappa shape index (κ3) is 4.22. The number of fused-ring (bicyclic) bond motifs is 1. The Morgan fingerprint density at radius 1 is 0.968 bits per heavy atom. The van der Waals surface area contributed by atoms with Gasteiger partial charge in [0.05, 0.1) is 11.0 Å². The first-order valence-corrected chi connectivity index (χ1v) is 10.8. The highest BCUT2D eigenvalue weighted by atomic mass is 32.2. The minimum atomic E-state index is -0.133. The Kier molecular flexibility index (Phi) is 5.24. The van der Waals surface area contributed by atoms with Gasteiger partial charge in [-0.25, -0.2) is 9.97 Å². The maximum absolute atomic E-state index is 12.9. The molecule has 0 aliphatic heterocycles. The summed E-state index contributed by atoms with van der Waals surface area (Å²) in [7, 11) is 0. The molecule has 2 aromatic heterocycles. The van der Waals surface area contributed by atoms with Crippen LogP contribution in [-0.2, 0) is 5.75 Å². The van der Waals surface area contributed by atoms with Gasteiger partial charge in [0.2, 0.25) is 0 Å². The molecule has 0 aliphatic rings. The molecule has 2 heterocycles. The fourth-order valence-electron chi connectivity index (χ4n) is 3.34. The average Bonchev–Trinajstić information content (AvgIpc) is 3.48. The Morgan fingerprint density at radius 2 is 1.77 bits per heavy atom. The highest BCUT2D eigenvalue weighted by Gasteiger charge is 2.13. The van der Waals surface area contributed by atoms with Crippen LogP contribution < -0.4 is 5.32 Å². The van der Waals surface area contributed by atoms with Crippen molar-refractivity contribution in [1.29, 1.82) is 0 Å². The fourth-order valence-corrected chi connectivity index (χ4v) is 4.23. The number of anilines is 1. The molecule has 0 saturated carbocycles. The van der Waals surface area contributed by atoms with Crippen LogP contribution >= 0.6 is 11.8 Å². The van der Waals surface area contributed by atoms with Crippen LogP contribution in [0.3, 0.4) is 0 Å². The van der Waals surface area contributed by atoms with Gasteiger partial charge in [-0.3, -0.25) is 4.79 Å². The number of thioether (sulfide) groups is 1. The van der Waals surface area contributed by atoms with E-state index in [1.807, 2.05) is 72.8 Å². The van der Waals surface area contributed by atoms with Crippen molar-refractivity contribution in [3.8, 4) is 11.4 Å². The Hall–Kier alpha value is -3.84. The first-order chi connectivity index (χ1) is 15.3. The van der Waals surface area contributed by atoms with Crippen molar-refractivity contribution in [2.24, 2.45) is 0 Å².